The summed E-state index contributed by atoms with van der Waals surface area (Å²) in [5.41, 5.74) is 10.4. The second kappa shape index (κ2) is 4.08. The molecule has 0 aliphatic rings. The van der Waals surface area contributed by atoms with Gasteiger partial charge in [0.2, 0.25) is 0 Å². The molecule has 0 atom stereocenters. The summed E-state index contributed by atoms with van der Waals surface area (Å²) in [6, 6.07) is 4.27. The van der Waals surface area contributed by atoms with Gasteiger partial charge in [-0.3, -0.25) is 0 Å². The largest absolute Gasteiger partial charge is 0.380 e. The van der Waals surface area contributed by atoms with Crippen molar-refractivity contribution in [1.82, 2.24) is 5.16 Å². The molecule has 4 heteroatoms. The van der Waals surface area contributed by atoms with Crippen LogP contribution in [0.15, 0.2) is 16.7 Å². The van der Waals surface area contributed by atoms with E-state index in [1.807, 2.05) is 0 Å². The second-order valence-corrected chi connectivity index (χ2v) is 5.06. The second-order valence-electron chi connectivity index (χ2n) is 3.98. The third-order valence-electron chi connectivity index (χ3n) is 2.56. The van der Waals surface area contributed by atoms with Crippen molar-refractivity contribution in [3.63, 3.8) is 0 Å². The van der Waals surface area contributed by atoms with Crippen LogP contribution in [-0.4, -0.2) is 5.16 Å². The molecule has 2 rings (SSSR count). The maximum atomic E-state index is 5.70. The molecule has 0 saturated heterocycles. The maximum Gasteiger partial charge on any atom is 0.182 e. The molecule has 0 radical (unpaired) electrons. The van der Waals surface area contributed by atoms with Crippen molar-refractivity contribution in [2.75, 3.05) is 5.73 Å². The van der Waals surface area contributed by atoms with Crippen molar-refractivity contribution in [3.8, 4) is 11.3 Å². The molecule has 2 aromatic rings. The fourth-order valence-corrected chi connectivity index (χ4v) is 2.45. The smallest absolute Gasteiger partial charge is 0.182 e. The third-order valence-corrected chi connectivity index (χ3v) is 3.61. The van der Waals surface area contributed by atoms with Gasteiger partial charge in [0, 0.05) is 5.56 Å². The predicted molar refractivity (Wildman–Crippen MR) is 73.3 cm³/mol. The molecule has 0 spiro atoms. The average molecular weight is 328 g/mol. The molecule has 1 heterocycles. The lowest BCUT2D eigenvalue weighted by atomic mass is 9.98. The third kappa shape index (κ3) is 1.81. The Hall–Kier alpha value is -1.04. The molecule has 0 fully saturated rings. The molecule has 0 amide bonds. The Morgan fingerprint density at radius 2 is 1.75 bits per heavy atom. The Balaban J connectivity index is 2.69. The van der Waals surface area contributed by atoms with Crippen LogP contribution in [0.4, 0.5) is 5.82 Å². The Bertz CT molecular complexity index is 523. The fourth-order valence-electron chi connectivity index (χ4n) is 1.98. The summed E-state index contributed by atoms with van der Waals surface area (Å²) in [5, 5.41) is 3.79. The monoisotopic (exact) mass is 328 g/mol. The zero-order valence-electron chi connectivity index (χ0n) is 9.47. The maximum absolute atomic E-state index is 5.70. The number of aryl methyl sites for hydroxylation is 3. The normalized spacial score (nSPS) is 10.8. The first kappa shape index (κ1) is 11.4. The van der Waals surface area contributed by atoms with E-state index >= 15 is 0 Å². The predicted octanol–water partition coefficient (Wildman–Crippen LogP) is 3.45. The Kier molecular flexibility index (Phi) is 2.92. The quantitative estimate of drug-likeness (QED) is 0.816. The highest BCUT2D eigenvalue weighted by molar-refractivity contribution is 14.1. The van der Waals surface area contributed by atoms with Crippen molar-refractivity contribution in [1.29, 1.82) is 0 Å². The van der Waals surface area contributed by atoms with Crippen LogP contribution in [0.3, 0.4) is 0 Å². The van der Waals surface area contributed by atoms with Crippen molar-refractivity contribution in [2.45, 2.75) is 20.8 Å². The van der Waals surface area contributed by atoms with E-state index in [4.69, 9.17) is 10.3 Å². The molecule has 3 nitrogen and oxygen atoms in total. The topological polar surface area (TPSA) is 52.0 Å². The summed E-state index contributed by atoms with van der Waals surface area (Å²) in [7, 11) is 0. The first-order chi connectivity index (χ1) is 7.50. The molecule has 0 aliphatic heterocycles. The molecular weight excluding hydrogens is 315 g/mol. The van der Waals surface area contributed by atoms with E-state index in [9.17, 15) is 0 Å². The number of halogens is 1. The van der Waals surface area contributed by atoms with Gasteiger partial charge in [0.05, 0.1) is 0 Å². The fraction of sp³-hybridized carbons (Fsp3) is 0.250. The summed E-state index contributed by atoms with van der Waals surface area (Å²) >= 11 is 2.16. The van der Waals surface area contributed by atoms with E-state index < -0.39 is 0 Å². The first-order valence-corrected chi connectivity index (χ1v) is 6.07. The van der Waals surface area contributed by atoms with Crippen LogP contribution < -0.4 is 5.73 Å². The first-order valence-electron chi connectivity index (χ1n) is 4.99. The number of rotatable bonds is 1. The van der Waals surface area contributed by atoms with Crippen molar-refractivity contribution in [2.24, 2.45) is 0 Å². The molecule has 0 saturated carbocycles. The molecule has 0 aliphatic carbocycles. The molecule has 2 N–H and O–H groups in total. The standard InChI is InChI=1S/C12H13IN2O/c1-6-4-7(2)9(8(3)5-6)11-10(13)12(14)15-16-11/h4-5H,1-3H3,(H2,14,15). The van der Waals surface area contributed by atoms with E-state index in [0.29, 0.717) is 5.82 Å². The molecule has 1 aromatic carbocycles. The van der Waals surface area contributed by atoms with Gasteiger partial charge in [0.25, 0.3) is 0 Å². The number of anilines is 1. The number of hydrogen-bond donors (Lipinski definition) is 1. The van der Waals surface area contributed by atoms with Gasteiger partial charge in [-0.1, -0.05) is 22.9 Å². The van der Waals surface area contributed by atoms with E-state index in [2.05, 4.69) is 60.7 Å². The molecular formula is C12H13IN2O. The van der Waals surface area contributed by atoms with Crippen LogP contribution >= 0.6 is 22.6 Å². The van der Waals surface area contributed by atoms with Crippen molar-refractivity contribution < 1.29 is 4.52 Å². The summed E-state index contributed by atoms with van der Waals surface area (Å²) in [5.74, 6) is 1.23. The summed E-state index contributed by atoms with van der Waals surface area (Å²) in [6.07, 6.45) is 0. The van der Waals surface area contributed by atoms with Crippen LogP contribution in [0.25, 0.3) is 11.3 Å². The van der Waals surface area contributed by atoms with Gasteiger partial charge in [-0.15, -0.1) is 0 Å². The minimum Gasteiger partial charge on any atom is -0.380 e. The lowest BCUT2D eigenvalue weighted by Crippen LogP contribution is -1.91. The summed E-state index contributed by atoms with van der Waals surface area (Å²) in [6.45, 7) is 6.23. The van der Waals surface area contributed by atoms with Gasteiger partial charge in [-0.05, 0) is 54.5 Å². The number of nitrogens with zero attached hydrogens (tertiary/aromatic N) is 1. The van der Waals surface area contributed by atoms with Crippen molar-refractivity contribution in [3.05, 3.63) is 32.4 Å². The van der Waals surface area contributed by atoms with Crippen LogP contribution in [0.5, 0.6) is 0 Å². The highest BCUT2D eigenvalue weighted by Gasteiger charge is 2.17. The summed E-state index contributed by atoms with van der Waals surface area (Å²) < 4.78 is 6.18. The zero-order chi connectivity index (χ0) is 11.9. The van der Waals surface area contributed by atoms with Gasteiger partial charge in [-0.2, -0.15) is 0 Å². The molecule has 84 valence electrons. The van der Waals surface area contributed by atoms with E-state index in [1.54, 1.807) is 0 Å². The number of benzene rings is 1. The number of hydrogen-bond acceptors (Lipinski definition) is 3. The highest BCUT2D eigenvalue weighted by atomic mass is 127. The van der Waals surface area contributed by atoms with Crippen LogP contribution in [0.2, 0.25) is 0 Å². The lowest BCUT2D eigenvalue weighted by Gasteiger charge is -2.08. The SMILES string of the molecule is Cc1cc(C)c(-c2onc(N)c2I)c(C)c1. The average Bonchev–Trinajstić information content (AvgIpc) is 2.48. The van der Waals surface area contributed by atoms with Gasteiger partial charge in [-0.25, -0.2) is 0 Å². The molecule has 1 aromatic heterocycles. The highest BCUT2D eigenvalue weighted by Crippen LogP contribution is 2.34. The van der Waals surface area contributed by atoms with E-state index in [1.165, 1.54) is 16.7 Å². The van der Waals surface area contributed by atoms with Crippen molar-refractivity contribution >= 4 is 28.4 Å². The van der Waals surface area contributed by atoms with Crippen LogP contribution in [-0.2, 0) is 0 Å². The van der Waals surface area contributed by atoms with E-state index in [0.717, 1.165) is 14.9 Å². The number of nitrogens with two attached hydrogens (primary N) is 1. The van der Waals surface area contributed by atoms with Gasteiger partial charge in [0.1, 0.15) is 3.57 Å². The van der Waals surface area contributed by atoms with Gasteiger partial charge >= 0.3 is 0 Å². The number of nitrogen functional groups attached to an aromatic ring is 1. The zero-order valence-corrected chi connectivity index (χ0v) is 11.6. The van der Waals surface area contributed by atoms with E-state index in [-0.39, 0.29) is 0 Å². The van der Waals surface area contributed by atoms with Gasteiger partial charge in [0.15, 0.2) is 11.6 Å². The lowest BCUT2D eigenvalue weighted by molar-refractivity contribution is 0.435. The minimum absolute atomic E-state index is 0.454. The van der Waals surface area contributed by atoms with Crippen LogP contribution in [0, 0.1) is 24.3 Å². The summed E-state index contributed by atoms with van der Waals surface area (Å²) in [4.78, 5) is 0. The molecule has 0 unspecified atom stereocenters. The molecule has 16 heavy (non-hydrogen) atoms. The molecule has 0 bridgehead atoms. The van der Waals surface area contributed by atoms with Crippen LogP contribution in [0.1, 0.15) is 16.7 Å². The minimum atomic E-state index is 0.454. The van der Waals surface area contributed by atoms with Gasteiger partial charge < -0.3 is 10.3 Å². The number of aromatic nitrogens is 1. The Morgan fingerprint density at radius 3 is 2.19 bits per heavy atom. The Morgan fingerprint density at radius 1 is 1.19 bits per heavy atom. The Labute approximate surface area is 108 Å².